The number of nitrogens with one attached hydrogen (secondary N) is 1. The van der Waals surface area contributed by atoms with Crippen molar-refractivity contribution in [2.24, 2.45) is 0 Å². The molecule has 0 bridgehead atoms. The number of hydrogen-bond donors (Lipinski definition) is 1. The van der Waals surface area contributed by atoms with Gasteiger partial charge in [0.15, 0.2) is 0 Å². The minimum absolute atomic E-state index is 0.461. The van der Waals surface area contributed by atoms with Gasteiger partial charge in [-0.2, -0.15) is 11.8 Å². The molecule has 0 aromatic heterocycles. The maximum Gasteiger partial charge on any atom is 0.0624 e. The second kappa shape index (κ2) is 7.44. The van der Waals surface area contributed by atoms with Gasteiger partial charge in [-0.05, 0) is 43.5 Å². The topological polar surface area (TPSA) is 12.0 Å². The van der Waals surface area contributed by atoms with Gasteiger partial charge in [0.25, 0.3) is 0 Å². The van der Waals surface area contributed by atoms with Crippen LogP contribution in [0.25, 0.3) is 0 Å². The fourth-order valence-corrected chi connectivity index (χ4v) is 2.50. The molecule has 1 unspecified atom stereocenters. The van der Waals surface area contributed by atoms with Gasteiger partial charge < -0.3 is 5.32 Å². The second-order valence-corrected chi connectivity index (χ2v) is 5.45. The van der Waals surface area contributed by atoms with Gasteiger partial charge in [0.1, 0.15) is 0 Å². The standard InChI is InChI=1S/C12H17Cl2NS/c1-15-10(6-7-16-2)8-9-4-3-5-11(13)12(9)14/h3-5,10,15H,6-8H2,1-2H3. The Bertz CT molecular complexity index is 331. The normalized spacial score (nSPS) is 12.8. The number of likely N-dealkylation sites (N-methyl/N-ethyl adjacent to an activating group) is 1. The number of thioether (sulfide) groups is 1. The van der Waals surface area contributed by atoms with Crippen LogP contribution in [-0.4, -0.2) is 25.1 Å². The highest BCUT2D eigenvalue weighted by molar-refractivity contribution is 7.98. The van der Waals surface area contributed by atoms with Crippen LogP contribution in [0, 0.1) is 0 Å². The fourth-order valence-electron chi connectivity index (χ4n) is 1.58. The van der Waals surface area contributed by atoms with Gasteiger partial charge in [-0.3, -0.25) is 0 Å². The number of halogens is 2. The van der Waals surface area contributed by atoms with Crippen LogP contribution < -0.4 is 5.32 Å². The van der Waals surface area contributed by atoms with Crippen LogP contribution in [-0.2, 0) is 6.42 Å². The van der Waals surface area contributed by atoms with E-state index in [2.05, 4.69) is 11.6 Å². The molecule has 0 aliphatic heterocycles. The summed E-state index contributed by atoms with van der Waals surface area (Å²) in [5, 5.41) is 4.64. The Morgan fingerprint density at radius 3 is 2.75 bits per heavy atom. The average Bonchev–Trinajstić information content (AvgIpc) is 2.30. The molecule has 1 aromatic rings. The molecule has 1 aromatic carbocycles. The highest BCUT2D eigenvalue weighted by Crippen LogP contribution is 2.26. The van der Waals surface area contributed by atoms with Crippen molar-refractivity contribution in [1.29, 1.82) is 0 Å². The largest absolute Gasteiger partial charge is 0.317 e. The molecule has 1 N–H and O–H groups in total. The van der Waals surface area contributed by atoms with Crippen molar-refractivity contribution in [1.82, 2.24) is 5.32 Å². The molecule has 1 rings (SSSR count). The van der Waals surface area contributed by atoms with Gasteiger partial charge in [0.2, 0.25) is 0 Å². The quantitative estimate of drug-likeness (QED) is 0.847. The molecule has 1 nitrogen and oxygen atoms in total. The molecule has 0 saturated heterocycles. The van der Waals surface area contributed by atoms with Crippen molar-refractivity contribution in [3.63, 3.8) is 0 Å². The van der Waals surface area contributed by atoms with Gasteiger partial charge in [-0.1, -0.05) is 35.3 Å². The molecular weight excluding hydrogens is 261 g/mol. The minimum Gasteiger partial charge on any atom is -0.317 e. The van der Waals surface area contributed by atoms with Crippen LogP contribution >= 0.6 is 35.0 Å². The zero-order valence-electron chi connectivity index (χ0n) is 9.59. The highest BCUT2D eigenvalue weighted by atomic mass is 35.5. The third-order valence-electron chi connectivity index (χ3n) is 2.58. The summed E-state index contributed by atoms with van der Waals surface area (Å²) in [6.07, 6.45) is 4.19. The highest BCUT2D eigenvalue weighted by Gasteiger charge is 2.10. The Hall–Kier alpha value is 0.110. The summed E-state index contributed by atoms with van der Waals surface area (Å²) in [6, 6.07) is 6.27. The summed E-state index contributed by atoms with van der Waals surface area (Å²) in [7, 11) is 1.99. The van der Waals surface area contributed by atoms with E-state index in [1.807, 2.05) is 37.0 Å². The van der Waals surface area contributed by atoms with Gasteiger partial charge >= 0.3 is 0 Å². The van der Waals surface area contributed by atoms with Crippen LogP contribution in [0.3, 0.4) is 0 Å². The average molecular weight is 278 g/mol. The van der Waals surface area contributed by atoms with Crippen molar-refractivity contribution in [3.05, 3.63) is 33.8 Å². The lowest BCUT2D eigenvalue weighted by Gasteiger charge is -2.16. The van der Waals surface area contributed by atoms with E-state index in [-0.39, 0.29) is 0 Å². The van der Waals surface area contributed by atoms with Crippen molar-refractivity contribution < 1.29 is 0 Å². The molecule has 16 heavy (non-hydrogen) atoms. The Labute approximate surface area is 112 Å². The Morgan fingerprint density at radius 2 is 2.12 bits per heavy atom. The maximum atomic E-state index is 6.16. The molecule has 0 heterocycles. The number of rotatable bonds is 6. The Morgan fingerprint density at radius 1 is 1.38 bits per heavy atom. The lowest BCUT2D eigenvalue weighted by Crippen LogP contribution is -2.28. The molecular formula is C12H17Cl2NS. The van der Waals surface area contributed by atoms with Crippen molar-refractivity contribution in [3.8, 4) is 0 Å². The van der Waals surface area contributed by atoms with E-state index in [0.29, 0.717) is 16.1 Å². The summed E-state index contributed by atoms with van der Waals surface area (Å²) in [4.78, 5) is 0. The predicted molar refractivity (Wildman–Crippen MR) is 76.0 cm³/mol. The zero-order chi connectivity index (χ0) is 12.0. The van der Waals surface area contributed by atoms with Crippen molar-refractivity contribution in [2.45, 2.75) is 18.9 Å². The second-order valence-electron chi connectivity index (χ2n) is 3.68. The molecule has 1 atom stereocenters. The van der Waals surface area contributed by atoms with Crippen LogP contribution in [0.4, 0.5) is 0 Å². The summed E-state index contributed by atoms with van der Waals surface area (Å²) >= 11 is 14.0. The van der Waals surface area contributed by atoms with E-state index in [4.69, 9.17) is 23.2 Å². The van der Waals surface area contributed by atoms with Gasteiger partial charge in [0.05, 0.1) is 10.0 Å². The minimum atomic E-state index is 0.461. The molecule has 0 spiro atoms. The van der Waals surface area contributed by atoms with Crippen LogP contribution in [0.1, 0.15) is 12.0 Å². The molecule has 90 valence electrons. The van der Waals surface area contributed by atoms with Crippen LogP contribution in [0.15, 0.2) is 18.2 Å². The van der Waals surface area contributed by atoms with Gasteiger partial charge in [0, 0.05) is 6.04 Å². The summed E-state index contributed by atoms with van der Waals surface area (Å²) < 4.78 is 0. The molecule has 0 amide bonds. The monoisotopic (exact) mass is 277 g/mol. The smallest absolute Gasteiger partial charge is 0.0624 e. The van der Waals surface area contributed by atoms with E-state index in [1.165, 1.54) is 0 Å². The fraction of sp³-hybridized carbons (Fsp3) is 0.500. The first-order valence-electron chi connectivity index (χ1n) is 5.28. The van der Waals surface area contributed by atoms with E-state index in [0.717, 1.165) is 24.2 Å². The lowest BCUT2D eigenvalue weighted by molar-refractivity contribution is 0.547. The number of hydrogen-bond acceptors (Lipinski definition) is 2. The number of benzene rings is 1. The molecule has 0 saturated carbocycles. The van der Waals surface area contributed by atoms with Gasteiger partial charge in [-0.15, -0.1) is 0 Å². The van der Waals surface area contributed by atoms with E-state index >= 15 is 0 Å². The molecule has 0 aliphatic carbocycles. The Balaban J connectivity index is 2.66. The van der Waals surface area contributed by atoms with Crippen molar-refractivity contribution in [2.75, 3.05) is 19.1 Å². The summed E-state index contributed by atoms with van der Waals surface area (Å²) in [6.45, 7) is 0. The third-order valence-corrected chi connectivity index (χ3v) is 4.08. The molecule has 0 fully saturated rings. The third kappa shape index (κ3) is 4.17. The van der Waals surface area contributed by atoms with E-state index in [9.17, 15) is 0 Å². The molecule has 0 aliphatic rings. The zero-order valence-corrected chi connectivity index (χ0v) is 11.9. The lowest BCUT2D eigenvalue weighted by atomic mass is 10.0. The predicted octanol–water partition coefficient (Wildman–Crippen LogP) is 3.88. The van der Waals surface area contributed by atoms with E-state index in [1.54, 1.807) is 0 Å². The van der Waals surface area contributed by atoms with E-state index < -0.39 is 0 Å². The van der Waals surface area contributed by atoms with Crippen molar-refractivity contribution >= 4 is 35.0 Å². The Kier molecular flexibility index (Phi) is 6.59. The SMILES string of the molecule is CNC(CCSC)Cc1cccc(Cl)c1Cl. The van der Waals surface area contributed by atoms with Crippen LogP contribution in [0.5, 0.6) is 0 Å². The first-order chi connectivity index (χ1) is 7.69. The summed E-state index contributed by atoms with van der Waals surface area (Å²) in [5.74, 6) is 1.16. The summed E-state index contributed by atoms with van der Waals surface area (Å²) in [5.41, 5.74) is 1.12. The van der Waals surface area contributed by atoms with Gasteiger partial charge in [-0.25, -0.2) is 0 Å². The molecule has 4 heteroatoms. The van der Waals surface area contributed by atoms with Crippen LogP contribution in [0.2, 0.25) is 10.0 Å². The molecule has 0 radical (unpaired) electrons. The first-order valence-corrected chi connectivity index (χ1v) is 7.43. The first kappa shape index (κ1) is 14.2. The maximum absolute atomic E-state index is 6.16.